The molecule has 4 heteroatoms. The first-order valence-corrected chi connectivity index (χ1v) is 12.0. The maximum Gasteiger partial charge on any atom is 0.331 e. The van der Waals surface area contributed by atoms with E-state index in [2.05, 4.69) is 54.6 Å². The van der Waals surface area contributed by atoms with Crippen molar-refractivity contribution >= 4 is 11.2 Å². The predicted molar refractivity (Wildman–Crippen MR) is 145 cm³/mol. The van der Waals surface area contributed by atoms with E-state index in [1.165, 1.54) is 0 Å². The number of nitrogens with zero attached hydrogens (tertiary/aromatic N) is 3. The van der Waals surface area contributed by atoms with Crippen LogP contribution in [0.3, 0.4) is 0 Å². The summed E-state index contributed by atoms with van der Waals surface area (Å²) in [7, 11) is 1.82. The van der Waals surface area contributed by atoms with Gasteiger partial charge in [-0.2, -0.15) is 0 Å². The van der Waals surface area contributed by atoms with Crippen molar-refractivity contribution in [3.8, 4) is 11.1 Å². The average molecular weight is 468 g/mol. The minimum absolute atomic E-state index is 0.126. The van der Waals surface area contributed by atoms with E-state index in [-0.39, 0.29) is 5.69 Å². The third-order valence-electron chi connectivity index (χ3n) is 6.92. The second-order valence-corrected chi connectivity index (χ2v) is 8.92. The van der Waals surface area contributed by atoms with Gasteiger partial charge in [-0.3, -0.25) is 9.13 Å². The first-order chi connectivity index (χ1) is 17.7. The lowest BCUT2D eigenvalue weighted by Gasteiger charge is -2.36. The zero-order chi connectivity index (χ0) is 24.5. The Kier molecular flexibility index (Phi) is 5.34. The number of hydrogen-bond acceptors (Lipinski definition) is 2. The largest absolute Gasteiger partial charge is 0.331 e. The minimum Gasteiger partial charge on any atom is -0.293 e. The van der Waals surface area contributed by atoms with Gasteiger partial charge in [0.05, 0.1) is 5.52 Å². The number of imidazole rings is 1. The Morgan fingerprint density at radius 3 is 1.53 bits per heavy atom. The maximum absolute atomic E-state index is 14.2. The number of rotatable bonds is 5. The molecule has 0 fully saturated rings. The topological polar surface area (TPSA) is 39.8 Å². The Morgan fingerprint density at radius 2 is 1.06 bits per heavy atom. The standard InChI is InChI=1S/C32H25N3O/c1-34-29-22-25(24-14-6-2-7-15-24)23-33-30(29)35(31(34)36)32(26-16-8-3-9-17-26,27-18-10-4-11-19-27)28-20-12-5-13-21-28/h2-23H,1H3. The van der Waals surface area contributed by atoms with Crippen molar-refractivity contribution in [3.05, 3.63) is 161 Å². The van der Waals surface area contributed by atoms with Gasteiger partial charge in [0.25, 0.3) is 0 Å². The van der Waals surface area contributed by atoms with Crippen molar-refractivity contribution < 1.29 is 0 Å². The van der Waals surface area contributed by atoms with Crippen LogP contribution in [-0.2, 0) is 12.6 Å². The fourth-order valence-electron chi connectivity index (χ4n) is 5.22. The lowest BCUT2D eigenvalue weighted by atomic mass is 9.76. The molecule has 0 amide bonds. The van der Waals surface area contributed by atoms with Crippen LogP contribution in [0.1, 0.15) is 16.7 Å². The van der Waals surface area contributed by atoms with Crippen LogP contribution in [0.5, 0.6) is 0 Å². The number of pyridine rings is 1. The third kappa shape index (κ3) is 3.30. The van der Waals surface area contributed by atoms with E-state index >= 15 is 0 Å². The third-order valence-corrected chi connectivity index (χ3v) is 6.92. The molecule has 4 nitrogen and oxygen atoms in total. The summed E-state index contributed by atoms with van der Waals surface area (Å²) in [5.74, 6) is 0. The highest BCUT2D eigenvalue weighted by molar-refractivity contribution is 5.80. The molecule has 36 heavy (non-hydrogen) atoms. The lowest BCUT2D eigenvalue weighted by molar-refractivity contribution is 0.502. The van der Waals surface area contributed by atoms with Crippen LogP contribution in [0.4, 0.5) is 0 Å². The summed E-state index contributed by atoms with van der Waals surface area (Å²) in [6.07, 6.45) is 1.86. The van der Waals surface area contributed by atoms with Crippen LogP contribution in [0, 0.1) is 0 Å². The predicted octanol–water partition coefficient (Wildman–Crippen LogP) is 6.24. The van der Waals surface area contributed by atoms with Gasteiger partial charge in [0, 0.05) is 18.8 Å². The molecule has 2 heterocycles. The van der Waals surface area contributed by atoms with Crippen LogP contribution in [0.2, 0.25) is 0 Å². The summed E-state index contributed by atoms with van der Waals surface area (Å²) in [5.41, 5.74) is 5.39. The van der Waals surface area contributed by atoms with Crippen molar-refractivity contribution in [3.63, 3.8) is 0 Å². The molecule has 0 aliphatic heterocycles. The molecule has 0 aliphatic rings. The summed E-state index contributed by atoms with van der Waals surface area (Å²) in [4.78, 5) is 19.1. The van der Waals surface area contributed by atoms with E-state index < -0.39 is 5.54 Å². The number of fused-ring (bicyclic) bond motifs is 1. The van der Waals surface area contributed by atoms with E-state index in [1.54, 1.807) is 4.57 Å². The van der Waals surface area contributed by atoms with E-state index in [0.717, 1.165) is 33.3 Å². The van der Waals surface area contributed by atoms with Gasteiger partial charge in [0.1, 0.15) is 5.54 Å². The Labute approximate surface area is 209 Å². The summed E-state index contributed by atoms with van der Waals surface area (Å²) in [5, 5.41) is 0. The van der Waals surface area contributed by atoms with Gasteiger partial charge in [0.15, 0.2) is 5.65 Å². The summed E-state index contributed by atoms with van der Waals surface area (Å²) in [6, 6.07) is 42.8. The first kappa shape index (κ1) is 21.8. The lowest BCUT2D eigenvalue weighted by Crippen LogP contribution is -2.44. The molecule has 0 unspecified atom stereocenters. The molecule has 0 aliphatic carbocycles. The van der Waals surface area contributed by atoms with Crippen LogP contribution in [0.15, 0.2) is 138 Å². The quantitative estimate of drug-likeness (QED) is 0.282. The second kappa shape index (κ2) is 8.82. The number of hydrogen-bond donors (Lipinski definition) is 0. The van der Waals surface area contributed by atoms with Gasteiger partial charge in [-0.1, -0.05) is 121 Å². The average Bonchev–Trinajstić information content (AvgIpc) is 3.21. The van der Waals surface area contributed by atoms with Crippen molar-refractivity contribution in [2.75, 3.05) is 0 Å². The number of aryl methyl sites for hydroxylation is 1. The number of aromatic nitrogens is 3. The van der Waals surface area contributed by atoms with E-state index in [1.807, 2.05) is 90.6 Å². The maximum atomic E-state index is 14.2. The highest BCUT2D eigenvalue weighted by atomic mass is 16.1. The Morgan fingerprint density at radius 1 is 0.611 bits per heavy atom. The summed E-state index contributed by atoms with van der Waals surface area (Å²) < 4.78 is 3.56. The van der Waals surface area contributed by atoms with E-state index in [4.69, 9.17) is 4.98 Å². The van der Waals surface area contributed by atoms with Gasteiger partial charge >= 0.3 is 5.69 Å². The molecule has 0 bridgehead atoms. The van der Waals surface area contributed by atoms with Gasteiger partial charge < -0.3 is 0 Å². The molecule has 6 aromatic rings. The smallest absolute Gasteiger partial charge is 0.293 e. The van der Waals surface area contributed by atoms with E-state index in [0.29, 0.717) is 5.65 Å². The molecule has 2 aromatic heterocycles. The molecule has 0 saturated carbocycles. The molecule has 174 valence electrons. The van der Waals surface area contributed by atoms with Crippen molar-refractivity contribution in [2.24, 2.45) is 7.05 Å². The monoisotopic (exact) mass is 467 g/mol. The molecular formula is C32H25N3O. The molecule has 0 N–H and O–H groups in total. The van der Waals surface area contributed by atoms with Crippen LogP contribution in [0.25, 0.3) is 22.3 Å². The fraction of sp³-hybridized carbons (Fsp3) is 0.0625. The zero-order valence-electron chi connectivity index (χ0n) is 20.0. The normalized spacial score (nSPS) is 11.6. The Bertz CT molecular complexity index is 1590. The van der Waals surface area contributed by atoms with Gasteiger partial charge in [-0.25, -0.2) is 9.78 Å². The highest BCUT2D eigenvalue weighted by Gasteiger charge is 2.41. The van der Waals surface area contributed by atoms with Crippen LogP contribution < -0.4 is 5.69 Å². The molecule has 0 atom stereocenters. The fourth-order valence-corrected chi connectivity index (χ4v) is 5.22. The van der Waals surface area contributed by atoms with Crippen molar-refractivity contribution in [2.45, 2.75) is 5.54 Å². The zero-order valence-corrected chi connectivity index (χ0v) is 20.0. The van der Waals surface area contributed by atoms with Crippen LogP contribution >= 0.6 is 0 Å². The molecule has 0 spiro atoms. The molecule has 0 radical (unpaired) electrons. The van der Waals surface area contributed by atoms with Gasteiger partial charge in [-0.05, 0) is 28.3 Å². The van der Waals surface area contributed by atoms with Crippen molar-refractivity contribution in [1.29, 1.82) is 0 Å². The molecule has 6 rings (SSSR count). The number of benzene rings is 4. The molecule has 4 aromatic carbocycles. The Balaban J connectivity index is 1.76. The van der Waals surface area contributed by atoms with Gasteiger partial charge in [0.2, 0.25) is 0 Å². The second-order valence-electron chi connectivity index (χ2n) is 8.92. The molecular weight excluding hydrogens is 442 g/mol. The Hall–Kier alpha value is -4.70. The SMILES string of the molecule is Cn1c(=O)n(C(c2ccccc2)(c2ccccc2)c2ccccc2)c2ncc(-c3ccccc3)cc21. The van der Waals surface area contributed by atoms with Gasteiger partial charge in [-0.15, -0.1) is 0 Å². The summed E-state index contributed by atoms with van der Waals surface area (Å²) >= 11 is 0. The summed E-state index contributed by atoms with van der Waals surface area (Å²) in [6.45, 7) is 0. The molecule has 0 saturated heterocycles. The van der Waals surface area contributed by atoms with E-state index in [9.17, 15) is 4.79 Å². The minimum atomic E-state index is -0.915. The first-order valence-electron chi connectivity index (χ1n) is 12.0. The van der Waals surface area contributed by atoms with Crippen LogP contribution in [-0.4, -0.2) is 14.1 Å². The van der Waals surface area contributed by atoms with Crippen molar-refractivity contribution in [1.82, 2.24) is 14.1 Å². The highest BCUT2D eigenvalue weighted by Crippen LogP contribution is 2.41.